The molecule has 1 aliphatic heterocycles. The van der Waals surface area contributed by atoms with Crippen LogP contribution in [0.5, 0.6) is 0 Å². The first-order valence-corrected chi connectivity index (χ1v) is 10.7. The molecule has 0 radical (unpaired) electrons. The summed E-state index contributed by atoms with van der Waals surface area (Å²) < 4.78 is 28.3. The Morgan fingerprint density at radius 2 is 1.44 bits per heavy atom. The summed E-state index contributed by atoms with van der Waals surface area (Å²) in [5.41, 5.74) is 3.88. The Bertz CT molecular complexity index is 775. The maximum absolute atomic E-state index is 13.3. The van der Waals surface area contributed by atoms with Gasteiger partial charge in [-0.05, 0) is 81.0 Å². The number of rotatable bonds is 3. The van der Waals surface area contributed by atoms with Gasteiger partial charge in [-0.1, -0.05) is 30.4 Å². The van der Waals surface area contributed by atoms with Crippen molar-refractivity contribution in [2.45, 2.75) is 51.9 Å². The molecule has 1 aliphatic carbocycles. The van der Waals surface area contributed by atoms with Crippen molar-refractivity contribution < 1.29 is 8.42 Å². The van der Waals surface area contributed by atoms with Crippen LogP contribution >= 0.6 is 0 Å². The Balaban J connectivity index is 1.82. The van der Waals surface area contributed by atoms with Crippen molar-refractivity contribution in [2.24, 2.45) is 11.8 Å². The van der Waals surface area contributed by atoms with Gasteiger partial charge < -0.3 is 0 Å². The van der Waals surface area contributed by atoms with E-state index in [1.165, 1.54) is 0 Å². The number of benzene rings is 1. The average Bonchev–Trinajstić information content (AvgIpc) is 2.61. The van der Waals surface area contributed by atoms with E-state index < -0.39 is 10.0 Å². The highest BCUT2D eigenvalue weighted by atomic mass is 32.2. The largest absolute Gasteiger partial charge is 0.243 e. The topological polar surface area (TPSA) is 37.4 Å². The molecule has 25 heavy (non-hydrogen) atoms. The van der Waals surface area contributed by atoms with Gasteiger partial charge in [0.1, 0.15) is 0 Å². The van der Waals surface area contributed by atoms with Crippen LogP contribution in [0.3, 0.4) is 0 Å². The molecule has 0 aromatic heterocycles. The summed E-state index contributed by atoms with van der Waals surface area (Å²) in [5.74, 6) is 1.03. The van der Waals surface area contributed by atoms with Crippen LogP contribution in [-0.2, 0) is 10.0 Å². The molecule has 1 aromatic rings. The Labute approximate surface area is 152 Å². The standard InChI is InChI=1S/C21H29NO2S/c1-15-14-16(2)18(4)21(17(15)3)25(23,24)22-12-10-20(11-13-22)19-8-6-5-7-9-19/h6-9,14,19-20H,5,10-13H2,1-4H3. The predicted molar refractivity (Wildman–Crippen MR) is 103 cm³/mol. The molecular weight excluding hydrogens is 330 g/mol. The number of sulfonamides is 1. The Hall–Kier alpha value is -1.39. The van der Waals surface area contributed by atoms with E-state index >= 15 is 0 Å². The first-order valence-electron chi connectivity index (χ1n) is 9.23. The lowest BCUT2D eigenvalue weighted by atomic mass is 9.83. The van der Waals surface area contributed by atoms with Crippen molar-refractivity contribution in [1.29, 1.82) is 0 Å². The van der Waals surface area contributed by atoms with Crippen LogP contribution in [0.15, 0.2) is 35.3 Å². The molecule has 0 atom stereocenters. The van der Waals surface area contributed by atoms with E-state index in [0.29, 0.717) is 29.8 Å². The predicted octanol–water partition coefficient (Wildman–Crippen LogP) is 4.45. The molecule has 0 spiro atoms. The lowest BCUT2D eigenvalue weighted by molar-refractivity contribution is 0.249. The Morgan fingerprint density at radius 3 is 1.96 bits per heavy atom. The minimum absolute atomic E-state index is 0.475. The molecule has 0 amide bonds. The molecule has 0 saturated carbocycles. The van der Waals surface area contributed by atoms with Gasteiger partial charge in [0.25, 0.3) is 0 Å². The summed E-state index contributed by atoms with van der Waals surface area (Å²) >= 11 is 0. The van der Waals surface area contributed by atoms with Crippen LogP contribution < -0.4 is 0 Å². The smallest absolute Gasteiger partial charge is 0.207 e. The van der Waals surface area contributed by atoms with Crippen molar-refractivity contribution >= 4 is 10.0 Å². The van der Waals surface area contributed by atoms with Gasteiger partial charge in [-0.2, -0.15) is 4.31 Å². The quantitative estimate of drug-likeness (QED) is 0.748. The summed E-state index contributed by atoms with van der Waals surface area (Å²) in [6, 6.07) is 2.08. The summed E-state index contributed by atoms with van der Waals surface area (Å²) in [6.07, 6.45) is 11.9. The molecule has 4 heteroatoms. The van der Waals surface area contributed by atoms with Gasteiger partial charge in [0.15, 0.2) is 0 Å². The van der Waals surface area contributed by atoms with Gasteiger partial charge >= 0.3 is 0 Å². The van der Waals surface area contributed by atoms with Crippen LogP contribution in [0.2, 0.25) is 0 Å². The zero-order valence-electron chi connectivity index (χ0n) is 15.7. The van der Waals surface area contributed by atoms with Crippen LogP contribution in [0.1, 0.15) is 41.5 Å². The lowest BCUT2D eigenvalue weighted by Gasteiger charge is -2.34. The molecule has 1 aromatic carbocycles. The highest BCUT2D eigenvalue weighted by molar-refractivity contribution is 7.89. The molecular formula is C21H29NO2S. The van der Waals surface area contributed by atoms with E-state index in [4.69, 9.17) is 0 Å². The zero-order chi connectivity index (χ0) is 18.2. The highest BCUT2D eigenvalue weighted by Crippen LogP contribution is 2.34. The van der Waals surface area contributed by atoms with Gasteiger partial charge in [0.2, 0.25) is 10.0 Å². The molecule has 3 nitrogen and oxygen atoms in total. The number of nitrogens with zero attached hydrogens (tertiary/aromatic N) is 1. The van der Waals surface area contributed by atoms with Crippen molar-refractivity contribution in [3.63, 3.8) is 0 Å². The van der Waals surface area contributed by atoms with E-state index in [0.717, 1.165) is 41.5 Å². The number of aryl methyl sites for hydroxylation is 2. The maximum Gasteiger partial charge on any atom is 0.243 e. The molecule has 1 saturated heterocycles. The van der Waals surface area contributed by atoms with Gasteiger partial charge in [0.05, 0.1) is 4.90 Å². The second-order valence-corrected chi connectivity index (χ2v) is 9.38. The van der Waals surface area contributed by atoms with Crippen LogP contribution in [-0.4, -0.2) is 25.8 Å². The first-order chi connectivity index (χ1) is 11.8. The zero-order valence-corrected chi connectivity index (χ0v) is 16.6. The highest BCUT2D eigenvalue weighted by Gasteiger charge is 2.33. The number of hydrogen-bond donors (Lipinski definition) is 0. The van der Waals surface area contributed by atoms with Gasteiger partial charge in [-0.3, -0.25) is 0 Å². The maximum atomic E-state index is 13.3. The van der Waals surface area contributed by atoms with Crippen molar-refractivity contribution in [2.75, 3.05) is 13.1 Å². The molecule has 136 valence electrons. The van der Waals surface area contributed by atoms with Gasteiger partial charge in [0, 0.05) is 13.1 Å². The first kappa shape index (κ1) is 18.4. The minimum atomic E-state index is -3.43. The van der Waals surface area contributed by atoms with Crippen LogP contribution in [0.25, 0.3) is 0 Å². The monoisotopic (exact) mass is 359 g/mol. The fourth-order valence-electron chi connectivity index (χ4n) is 4.13. The Kier molecular flexibility index (Phi) is 5.21. The van der Waals surface area contributed by atoms with E-state index in [9.17, 15) is 8.42 Å². The third kappa shape index (κ3) is 3.47. The molecule has 1 heterocycles. The van der Waals surface area contributed by atoms with Crippen LogP contribution in [0.4, 0.5) is 0 Å². The molecule has 2 aliphatic rings. The number of hydrogen-bond acceptors (Lipinski definition) is 2. The van der Waals surface area contributed by atoms with E-state index in [1.54, 1.807) is 4.31 Å². The SMILES string of the molecule is Cc1cc(C)c(C)c(S(=O)(=O)N2CCC(C3C=CCC=C3)CC2)c1C. The third-order valence-corrected chi connectivity index (χ3v) is 8.10. The van der Waals surface area contributed by atoms with E-state index in [-0.39, 0.29) is 0 Å². The van der Waals surface area contributed by atoms with Crippen molar-refractivity contribution in [3.8, 4) is 0 Å². The molecule has 3 rings (SSSR count). The minimum Gasteiger partial charge on any atom is -0.207 e. The second-order valence-electron chi connectivity index (χ2n) is 7.50. The summed E-state index contributed by atoms with van der Waals surface area (Å²) in [6.45, 7) is 9.09. The number of allylic oxidation sites excluding steroid dienone is 4. The van der Waals surface area contributed by atoms with Crippen LogP contribution in [0, 0.1) is 39.5 Å². The van der Waals surface area contributed by atoms with Gasteiger partial charge in [-0.15, -0.1) is 0 Å². The summed E-state index contributed by atoms with van der Waals surface area (Å²) in [4.78, 5) is 0.529. The third-order valence-electron chi connectivity index (χ3n) is 5.93. The second kappa shape index (κ2) is 7.08. The van der Waals surface area contributed by atoms with E-state index in [1.807, 2.05) is 27.7 Å². The molecule has 0 N–H and O–H groups in total. The Morgan fingerprint density at radius 1 is 0.920 bits per heavy atom. The van der Waals surface area contributed by atoms with Crippen molar-refractivity contribution in [1.82, 2.24) is 4.31 Å². The van der Waals surface area contributed by atoms with Crippen molar-refractivity contribution in [3.05, 3.63) is 52.6 Å². The number of piperidine rings is 1. The fraction of sp³-hybridized carbons (Fsp3) is 0.524. The molecule has 1 fully saturated rings. The normalized spacial score (nSPS) is 20.3. The van der Waals surface area contributed by atoms with Gasteiger partial charge in [-0.25, -0.2) is 8.42 Å². The summed E-state index contributed by atoms with van der Waals surface area (Å²) in [7, 11) is -3.43. The lowest BCUT2D eigenvalue weighted by Crippen LogP contribution is -2.40. The van der Waals surface area contributed by atoms with E-state index in [2.05, 4.69) is 30.4 Å². The summed E-state index contributed by atoms with van der Waals surface area (Å²) in [5, 5.41) is 0. The average molecular weight is 360 g/mol. The fourth-order valence-corrected chi connectivity index (χ4v) is 6.17. The molecule has 0 bridgehead atoms. The molecule has 0 unspecified atom stereocenters.